The summed E-state index contributed by atoms with van der Waals surface area (Å²) in [6, 6.07) is 12.5. The lowest BCUT2D eigenvalue weighted by molar-refractivity contribution is -0.139. The summed E-state index contributed by atoms with van der Waals surface area (Å²) in [5, 5.41) is 9.30. The Morgan fingerprint density at radius 2 is 2.00 bits per heavy atom. The van der Waals surface area contributed by atoms with E-state index in [-0.39, 0.29) is 28.3 Å². The molecular weight excluding hydrogens is 636 g/mol. The van der Waals surface area contributed by atoms with Crippen LogP contribution in [-0.4, -0.2) is 35.3 Å². The fourth-order valence-electron chi connectivity index (χ4n) is 4.52. The van der Waals surface area contributed by atoms with Gasteiger partial charge in [0.2, 0.25) is 0 Å². The lowest BCUT2D eigenvalue weighted by atomic mass is 9.96. The number of nitrogens with zero attached hydrogens (tertiary/aromatic N) is 2. The van der Waals surface area contributed by atoms with Crippen LogP contribution in [-0.2, 0) is 9.53 Å². The molecular formula is C29H22BrClN2O7S. The second kappa shape index (κ2) is 11.5. The van der Waals surface area contributed by atoms with Gasteiger partial charge in [-0.2, -0.15) is 0 Å². The van der Waals surface area contributed by atoms with Crippen LogP contribution in [0.15, 0.2) is 78.5 Å². The van der Waals surface area contributed by atoms with Gasteiger partial charge in [0, 0.05) is 11.6 Å². The number of furan rings is 1. The van der Waals surface area contributed by atoms with E-state index in [0.29, 0.717) is 47.9 Å². The van der Waals surface area contributed by atoms with Gasteiger partial charge in [-0.05, 0) is 71.7 Å². The Morgan fingerprint density at radius 1 is 1.22 bits per heavy atom. The lowest BCUT2D eigenvalue weighted by Gasteiger charge is -2.25. The minimum absolute atomic E-state index is 0.0146. The SMILES string of the molecule is CCOC(=O)C1=C(C)N=c2s/c(=C\c3ccc(-c4ccc(C(=O)O)c(Cl)c4)o3)c(=O)n2[C@@H]1c1ccc(OC)c(Br)c1. The Bertz CT molecular complexity index is 1920. The Kier molecular flexibility index (Phi) is 8.03. The summed E-state index contributed by atoms with van der Waals surface area (Å²) >= 11 is 10.8. The van der Waals surface area contributed by atoms with Gasteiger partial charge >= 0.3 is 11.9 Å². The highest BCUT2D eigenvalue weighted by atomic mass is 79.9. The molecule has 0 unspecified atom stereocenters. The lowest BCUT2D eigenvalue weighted by Crippen LogP contribution is -2.39. The molecule has 210 valence electrons. The van der Waals surface area contributed by atoms with E-state index in [9.17, 15) is 19.5 Å². The molecule has 0 aliphatic carbocycles. The maximum absolute atomic E-state index is 13.8. The van der Waals surface area contributed by atoms with Gasteiger partial charge in [-0.25, -0.2) is 14.6 Å². The van der Waals surface area contributed by atoms with Gasteiger partial charge < -0.3 is 19.0 Å². The van der Waals surface area contributed by atoms with Crippen LogP contribution < -0.4 is 19.6 Å². The van der Waals surface area contributed by atoms with Crippen molar-refractivity contribution >= 4 is 56.9 Å². The number of carboxylic acids is 1. The van der Waals surface area contributed by atoms with Crippen molar-refractivity contribution in [2.45, 2.75) is 19.9 Å². The second-order valence-corrected chi connectivity index (χ2v) is 11.2. The molecule has 2 aromatic heterocycles. The third-order valence-electron chi connectivity index (χ3n) is 6.39. The summed E-state index contributed by atoms with van der Waals surface area (Å²) in [6.07, 6.45) is 1.60. The molecule has 1 aliphatic heterocycles. The van der Waals surface area contributed by atoms with E-state index >= 15 is 0 Å². The van der Waals surface area contributed by atoms with Gasteiger partial charge in [0.1, 0.15) is 17.3 Å². The molecule has 9 nitrogen and oxygen atoms in total. The maximum atomic E-state index is 13.8. The third-order valence-corrected chi connectivity index (χ3v) is 8.31. The van der Waals surface area contributed by atoms with Crippen molar-refractivity contribution in [2.24, 2.45) is 4.99 Å². The molecule has 1 atom stereocenters. The number of benzene rings is 2. The topological polar surface area (TPSA) is 120 Å². The summed E-state index contributed by atoms with van der Waals surface area (Å²) in [5.41, 5.74) is 1.61. The fourth-order valence-corrected chi connectivity index (χ4v) is 6.36. The number of halogens is 2. The summed E-state index contributed by atoms with van der Waals surface area (Å²) in [7, 11) is 1.55. The van der Waals surface area contributed by atoms with Crippen LogP contribution in [0, 0.1) is 0 Å². The molecule has 0 saturated heterocycles. The summed E-state index contributed by atoms with van der Waals surface area (Å²) in [5.74, 6) is -0.230. The van der Waals surface area contributed by atoms with E-state index in [1.165, 1.54) is 28.0 Å². The molecule has 0 bridgehead atoms. The van der Waals surface area contributed by atoms with E-state index in [4.69, 9.17) is 25.5 Å². The molecule has 5 rings (SSSR count). The van der Waals surface area contributed by atoms with Crippen LogP contribution in [0.3, 0.4) is 0 Å². The number of rotatable bonds is 7. The number of aromatic nitrogens is 1. The highest BCUT2D eigenvalue weighted by molar-refractivity contribution is 9.10. The highest BCUT2D eigenvalue weighted by Crippen LogP contribution is 2.35. The number of fused-ring (bicyclic) bond motifs is 1. The largest absolute Gasteiger partial charge is 0.496 e. The van der Waals surface area contributed by atoms with Crippen LogP contribution in [0.25, 0.3) is 17.4 Å². The van der Waals surface area contributed by atoms with Crippen molar-refractivity contribution in [1.29, 1.82) is 0 Å². The average Bonchev–Trinajstić information content (AvgIpc) is 3.52. The number of carbonyl (C=O) groups is 2. The van der Waals surface area contributed by atoms with Crippen molar-refractivity contribution < 1.29 is 28.6 Å². The van der Waals surface area contributed by atoms with Gasteiger partial charge in [-0.1, -0.05) is 35.1 Å². The second-order valence-electron chi connectivity index (χ2n) is 8.90. The van der Waals surface area contributed by atoms with Crippen LogP contribution in [0.2, 0.25) is 5.02 Å². The van der Waals surface area contributed by atoms with Crippen LogP contribution in [0.5, 0.6) is 5.75 Å². The molecule has 4 aromatic rings. The predicted octanol–water partition coefficient (Wildman–Crippen LogP) is 5.18. The Morgan fingerprint density at radius 3 is 2.66 bits per heavy atom. The molecule has 3 heterocycles. The smallest absolute Gasteiger partial charge is 0.338 e. The zero-order valence-corrected chi connectivity index (χ0v) is 25.1. The van der Waals surface area contributed by atoms with Gasteiger partial charge in [-0.3, -0.25) is 9.36 Å². The van der Waals surface area contributed by atoms with E-state index in [2.05, 4.69) is 20.9 Å². The number of aromatic carboxylic acids is 1. The molecule has 2 aromatic carbocycles. The molecule has 0 radical (unpaired) electrons. The highest BCUT2D eigenvalue weighted by Gasteiger charge is 2.33. The number of hydrogen-bond acceptors (Lipinski definition) is 8. The predicted molar refractivity (Wildman–Crippen MR) is 157 cm³/mol. The number of ether oxygens (including phenoxy) is 2. The maximum Gasteiger partial charge on any atom is 0.338 e. The normalized spacial score (nSPS) is 15.0. The quantitative estimate of drug-likeness (QED) is 0.272. The summed E-state index contributed by atoms with van der Waals surface area (Å²) < 4.78 is 19.1. The van der Waals surface area contributed by atoms with E-state index < -0.39 is 18.0 Å². The third kappa shape index (κ3) is 5.40. The number of carboxylic acid groups (broad SMARTS) is 1. The number of esters is 1. The first kappa shape index (κ1) is 28.6. The fraction of sp³-hybridized carbons (Fsp3) is 0.172. The first-order chi connectivity index (χ1) is 19.6. The van der Waals surface area contributed by atoms with Gasteiger partial charge in [-0.15, -0.1) is 0 Å². The van der Waals surface area contributed by atoms with Crippen LogP contribution in [0.1, 0.15) is 41.6 Å². The van der Waals surface area contributed by atoms with Gasteiger partial charge in [0.05, 0.1) is 50.6 Å². The molecule has 0 saturated carbocycles. The minimum atomic E-state index is -1.13. The molecule has 41 heavy (non-hydrogen) atoms. The molecule has 0 spiro atoms. The number of allylic oxidation sites excluding steroid dienone is 1. The zero-order valence-electron chi connectivity index (χ0n) is 21.9. The van der Waals surface area contributed by atoms with Crippen molar-refractivity contribution in [3.05, 3.63) is 106 Å². The number of hydrogen-bond donors (Lipinski definition) is 1. The number of thiazole rings is 1. The van der Waals surface area contributed by atoms with Crippen molar-refractivity contribution in [2.75, 3.05) is 13.7 Å². The Hall–Kier alpha value is -3.93. The molecule has 1 N–H and O–H groups in total. The number of methoxy groups -OCH3 is 1. The summed E-state index contributed by atoms with van der Waals surface area (Å²) in [4.78, 5) is 43.2. The van der Waals surface area contributed by atoms with Crippen molar-refractivity contribution in [3.63, 3.8) is 0 Å². The van der Waals surface area contributed by atoms with E-state index in [1.54, 1.807) is 63.4 Å². The van der Waals surface area contributed by atoms with Crippen LogP contribution >= 0.6 is 38.9 Å². The van der Waals surface area contributed by atoms with Crippen molar-refractivity contribution in [3.8, 4) is 17.1 Å². The molecule has 0 amide bonds. The number of carbonyl (C=O) groups excluding carboxylic acids is 1. The first-order valence-corrected chi connectivity index (χ1v) is 14.3. The van der Waals surface area contributed by atoms with E-state index in [1.807, 2.05) is 0 Å². The zero-order chi connectivity index (χ0) is 29.4. The first-order valence-electron chi connectivity index (χ1n) is 12.3. The Balaban J connectivity index is 1.61. The van der Waals surface area contributed by atoms with Crippen molar-refractivity contribution in [1.82, 2.24) is 4.57 Å². The molecule has 1 aliphatic rings. The standard InChI is InChI=1S/C29H22BrClN2O7S/c1-4-39-28(37)24-14(2)32-29-33(25(24)16-6-9-22(38-3)19(30)11-16)26(34)23(41-29)13-17-7-10-21(40-17)15-5-8-18(27(35)36)20(31)12-15/h5-13,25H,4H2,1-3H3,(H,35,36)/b23-13-/t25-/m1/s1. The minimum Gasteiger partial charge on any atom is -0.496 e. The molecule has 0 fully saturated rings. The van der Waals surface area contributed by atoms with Gasteiger partial charge in [0.15, 0.2) is 4.80 Å². The Labute approximate surface area is 250 Å². The van der Waals surface area contributed by atoms with Gasteiger partial charge in [0.25, 0.3) is 5.56 Å². The van der Waals surface area contributed by atoms with E-state index in [0.717, 1.165) is 0 Å². The van der Waals surface area contributed by atoms with Crippen LogP contribution in [0.4, 0.5) is 0 Å². The monoisotopic (exact) mass is 656 g/mol. The molecule has 12 heteroatoms. The summed E-state index contributed by atoms with van der Waals surface area (Å²) in [6.45, 7) is 3.60. The average molecular weight is 658 g/mol.